The fraction of sp³-hybridized carbons (Fsp3) is 0.345. The van der Waals surface area contributed by atoms with Crippen molar-refractivity contribution in [3.05, 3.63) is 58.8 Å². The van der Waals surface area contributed by atoms with Crippen LogP contribution in [0, 0.1) is 0 Å². The molecule has 0 radical (unpaired) electrons. The van der Waals surface area contributed by atoms with Crippen molar-refractivity contribution in [1.29, 1.82) is 0 Å². The van der Waals surface area contributed by atoms with Crippen molar-refractivity contribution in [3.8, 4) is 22.8 Å². The molecule has 5 atom stereocenters. The number of ether oxygens (including phenoxy) is 6. The average Bonchev–Trinajstić information content (AvgIpc) is 2.91. The fourth-order valence-corrected chi connectivity index (χ4v) is 4.45. The number of carbonyl (C=O) groups is 4. The zero-order valence-electron chi connectivity index (χ0n) is 23.1. The van der Waals surface area contributed by atoms with Crippen LogP contribution in [0.5, 0.6) is 11.5 Å². The number of esters is 4. The van der Waals surface area contributed by atoms with E-state index in [0.29, 0.717) is 5.56 Å². The van der Waals surface area contributed by atoms with E-state index in [4.69, 9.17) is 32.8 Å². The van der Waals surface area contributed by atoms with Gasteiger partial charge in [-0.3, -0.25) is 24.0 Å². The molecule has 1 aliphatic heterocycles. The normalized spacial score (nSPS) is 21.7. The maximum Gasteiger partial charge on any atom is 0.303 e. The summed E-state index contributed by atoms with van der Waals surface area (Å²) in [5.74, 6) is -3.69. The molecule has 42 heavy (non-hydrogen) atoms. The minimum Gasteiger partial charge on any atom is -0.508 e. The monoisotopic (exact) mass is 584 g/mol. The molecule has 0 spiro atoms. The Morgan fingerprint density at radius 2 is 1.43 bits per heavy atom. The number of aromatic hydroxyl groups is 1. The molecule has 1 saturated heterocycles. The highest BCUT2D eigenvalue weighted by molar-refractivity contribution is 5.83. The van der Waals surface area contributed by atoms with Crippen LogP contribution >= 0.6 is 0 Å². The van der Waals surface area contributed by atoms with Crippen molar-refractivity contribution in [1.82, 2.24) is 0 Å². The molecule has 1 fully saturated rings. The summed E-state index contributed by atoms with van der Waals surface area (Å²) < 4.78 is 39.4. The highest BCUT2D eigenvalue weighted by atomic mass is 16.7. The number of phenols is 1. The molecule has 0 amide bonds. The summed E-state index contributed by atoms with van der Waals surface area (Å²) >= 11 is 0. The minimum atomic E-state index is -1.66. The van der Waals surface area contributed by atoms with Crippen LogP contribution in [0.4, 0.5) is 0 Å². The SMILES string of the molecule is CC(=O)OC[C@H]1OC(Oc2c(-c3ccccc3)oc3cc(O)ccc3c2=O)[C@H](OC(C)=O)[C@@H](OC(C)=O)[C@H]1OC(C)=O. The number of hydrogen-bond donors (Lipinski definition) is 1. The number of carbonyl (C=O) groups excluding carboxylic acids is 4. The van der Waals surface area contributed by atoms with Gasteiger partial charge in [-0.2, -0.15) is 0 Å². The van der Waals surface area contributed by atoms with Gasteiger partial charge in [0.25, 0.3) is 0 Å². The van der Waals surface area contributed by atoms with E-state index < -0.39 is 66.6 Å². The molecule has 2 aromatic carbocycles. The van der Waals surface area contributed by atoms with Gasteiger partial charge >= 0.3 is 23.9 Å². The average molecular weight is 585 g/mol. The Balaban J connectivity index is 1.88. The van der Waals surface area contributed by atoms with Gasteiger partial charge in [-0.05, 0) is 12.1 Å². The van der Waals surface area contributed by atoms with E-state index in [9.17, 15) is 29.1 Å². The van der Waals surface area contributed by atoms with Crippen molar-refractivity contribution in [2.45, 2.75) is 58.4 Å². The van der Waals surface area contributed by atoms with Crippen molar-refractivity contribution >= 4 is 34.8 Å². The number of fused-ring (bicyclic) bond motifs is 1. The van der Waals surface area contributed by atoms with Crippen LogP contribution in [0.15, 0.2) is 57.7 Å². The highest BCUT2D eigenvalue weighted by Gasteiger charge is 2.53. The molecule has 13 nitrogen and oxygen atoms in total. The van der Waals surface area contributed by atoms with Gasteiger partial charge in [0.15, 0.2) is 18.0 Å². The first kappa shape index (κ1) is 30.1. The molecule has 1 unspecified atom stereocenters. The van der Waals surface area contributed by atoms with Crippen LogP contribution < -0.4 is 10.2 Å². The molecule has 1 aromatic heterocycles. The quantitative estimate of drug-likeness (QED) is 0.302. The van der Waals surface area contributed by atoms with Crippen molar-refractivity contribution in [3.63, 3.8) is 0 Å². The van der Waals surface area contributed by atoms with Crippen molar-refractivity contribution in [2.75, 3.05) is 6.61 Å². The molecule has 0 aliphatic carbocycles. The molecule has 13 heteroatoms. The first-order valence-electron chi connectivity index (χ1n) is 12.8. The highest BCUT2D eigenvalue weighted by Crippen LogP contribution is 2.36. The lowest BCUT2D eigenvalue weighted by Gasteiger charge is -2.43. The Kier molecular flexibility index (Phi) is 9.11. The third kappa shape index (κ3) is 6.86. The van der Waals surface area contributed by atoms with E-state index in [2.05, 4.69) is 0 Å². The second-order valence-electron chi connectivity index (χ2n) is 9.32. The third-order valence-corrected chi connectivity index (χ3v) is 6.05. The first-order valence-corrected chi connectivity index (χ1v) is 12.8. The summed E-state index contributed by atoms with van der Waals surface area (Å²) in [6.45, 7) is 3.94. The molecule has 0 bridgehead atoms. The lowest BCUT2D eigenvalue weighted by Crippen LogP contribution is -2.63. The van der Waals surface area contributed by atoms with Crippen LogP contribution in [0.2, 0.25) is 0 Å². The smallest absolute Gasteiger partial charge is 0.303 e. The van der Waals surface area contributed by atoms with Crippen LogP contribution in [-0.2, 0) is 42.9 Å². The summed E-state index contributed by atoms with van der Waals surface area (Å²) in [6, 6.07) is 12.3. The standard InChI is InChI=1S/C29H28O13/c1-14(30)36-13-22-25(37-15(2)31)27(38-16(3)32)28(39-17(4)33)29(41-22)42-26-23(35)20-11-10-19(34)12-21(20)40-24(26)18-8-6-5-7-9-18/h5-12,22,25,27-29,34H,13H2,1-4H3/t22-,25+,27+,28-,29?/m1/s1. The number of benzene rings is 2. The fourth-order valence-electron chi connectivity index (χ4n) is 4.45. The van der Waals surface area contributed by atoms with Gasteiger partial charge in [0, 0.05) is 39.3 Å². The maximum absolute atomic E-state index is 13.7. The Hall–Kier alpha value is -4.91. The third-order valence-electron chi connectivity index (χ3n) is 6.05. The Morgan fingerprint density at radius 1 is 0.810 bits per heavy atom. The van der Waals surface area contributed by atoms with E-state index in [1.807, 2.05) is 0 Å². The van der Waals surface area contributed by atoms with Gasteiger partial charge in [0.05, 0.1) is 5.39 Å². The Bertz CT molecular complexity index is 1540. The lowest BCUT2D eigenvalue weighted by atomic mass is 9.98. The molecule has 222 valence electrons. The van der Waals surface area contributed by atoms with Crippen molar-refractivity contribution < 1.29 is 57.1 Å². The first-order chi connectivity index (χ1) is 19.9. The second-order valence-corrected chi connectivity index (χ2v) is 9.32. The molecule has 1 N–H and O–H groups in total. The molecule has 0 saturated carbocycles. The molecule has 4 rings (SSSR count). The predicted molar refractivity (Wildman–Crippen MR) is 142 cm³/mol. The van der Waals surface area contributed by atoms with E-state index in [-0.39, 0.29) is 28.2 Å². The van der Waals surface area contributed by atoms with Gasteiger partial charge in [-0.25, -0.2) is 0 Å². The van der Waals surface area contributed by atoms with Gasteiger partial charge < -0.3 is 37.9 Å². The number of hydrogen-bond acceptors (Lipinski definition) is 13. The van der Waals surface area contributed by atoms with Gasteiger partial charge in [0.1, 0.15) is 24.0 Å². The Labute approximate surface area is 238 Å². The lowest BCUT2D eigenvalue weighted by molar-refractivity contribution is -0.288. The van der Waals surface area contributed by atoms with Crippen LogP contribution in [0.25, 0.3) is 22.3 Å². The summed E-state index contributed by atoms with van der Waals surface area (Å²) in [5, 5.41) is 10.0. The Morgan fingerprint density at radius 3 is 2.05 bits per heavy atom. The predicted octanol–water partition coefficient (Wildman–Crippen LogP) is 2.63. The van der Waals surface area contributed by atoms with E-state index >= 15 is 0 Å². The molecule has 3 aromatic rings. The molecule has 2 heterocycles. The van der Waals surface area contributed by atoms with E-state index in [1.54, 1.807) is 30.3 Å². The summed E-state index contributed by atoms with van der Waals surface area (Å²) in [4.78, 5) is 61.6. The van der Waals surface area contributed by atoms with Crippen LogP contribution in [0.1, 0.15) is 27.7 Å². The number of rotatable bonds is 8. The van der Waals surface area contributed by atoms with Gasteiger partial charge in [-0.15, -0.1) is 0 Å². The molecule has 1 aliphatic rings. The molecular formula is C29H28O13. The van der Waals surface area contributed by atoms with E-state index in [0.717, 1.165) is 27.7 Å². The van der Waals surface area contributed by atoms with Crippen molar-refractivity contribution in [2.24, 2.45) is 0 Å². The van der Waals surface area contributed by atoms with Gasteiger partial charge in [-0.1, -0.05) is 30.3 Å². The topological polar surface area (TPSA) is 174 Å². The van der Waals surface area contributed by atoms with Gasteiger partial charge in [0.2, 0.25) is 23.6 Å². The maximum atomic E-state index is 13.7. The molecular weight excluding hydrogens is 556 g/mol. The summed E-state index contributed by atoms with van der Waals surface area (Å²) in [7, 11) is 0. The zero-order chi connectivity index (χ0) is 30.6. The zero-order valence-corrected chi connectivity index (χ0v) is 23.1. The summed E-state index contributed by atoms with van der Waals surface area (Å²) in [5.41, 5.74) is -0.184. The van der Waals surface area contributed by atoms with E-state index in [1.165, 1.54) is 18.2 Å². The van der Waals surface area contributed by atoms with Crippen LogP contribution in [-0.4, -0.2) is 66.3 Å². The minimum absolute atomic E-state index is 0.0492. The second kappa shape index (κ2) is 12.7. The largest absolute Gasteiger partial charge is 0.508 e. The van der Waals surface area contributed by atoms with Crippen LogP contribution in [0.3, 0.4) is 0 Å². The summed E-state index contributed by atoms with van der Waals surface area (Å²) in [6.07, 6.45) is -7.42. The number of phenolic OH excluding ortho intramolecular Hbond substituents is 1.